The van der Waals surface area contributed by atoms with Crippen LogP contribution in [0, 0.1) is 12.7 Å². The first-order valence-corrected chi connectivity index (χ1v) is 6.48. The van der Waals surface area contributed by atoms with Gasteiger partial charge in [0.1, 0.15) is 10.8 Å². The lowest BCUT2D eigenvalue weighted by Gasteiger charge is -2.14. The van der Waals surface area contributed by atoms with E-state index in [-0.39, 0.29) is 11.2 Å². The summed E-state index contributed by atoms with van der Waals surface area (Å²) in [6, 6.07) is 5.13. The fourth-order valence-electron chi connectivity index (χ4n) is 1.54. The second kappa shape index (κ2) is 4.22. The van der Waals surface area contributed by atoms with Crippen molar-refractivity contribution < 1.29 is 4.39 Å². The molecular formula is C14H16FNS. The summed E-state index contributed by atoms with van der Waals surface area (Å²) >= 11 is 1.50. The summed E-state index contributed by atoms with van der Waals surface area (Å²) in [4.78, 5) is 4.53. The molecule has 1 nitrogen and oxygen atoms in total. The number of thiazole rings is 1. The average Bonchev–Trinajstić information content (AvgIpc) is 2.70. The molecule has 0 radical (unpaired) electrons. The lowest BCUT2D eigenvalue weighted by atomic mass is 9.93. The highest BCUT2D eigenvalue weighted by atomic mass is 32.1. The smallest absolute Gasteiger partial charge is 0.133 e. The van der Waals surface area contributed by atoms with Crippen molar-refractivity contribution in [1.82, 2.24) is 4.98 Å². The first-order valence-electron chi connectivity index (χ1n) is 5.60. The number of rotatable bonds is 1. The molecule has 0 amide bonds. The van der Waals surface area contributed by atoms with Gasteiger partial charge in [-0.05, 0) is 19.1 Å². The van der Waals surface area contributed by atoms with Crippen molar-refractivity contribution >= 4 is 11.3 Å². The van der Waals surface area contributed by atoms with Crippen LogP contribution in [-0.4, -0.2) is 4.98 Å². The van der Waals surface area contributed by atoms with Gasteiger partial charge in [-0.2, -0.15) is 0 Å². The molecule has 0 bridgehead atoms. The molecule has 0 aliphatic heterocycles. The van der Waals surface area contributed by atoms with E-state index in [1.165, 1.54) is 17.4 Å². The van der Waals surface area contributed by atoms with Gasteiger partial charge in [0.25, 0.3) is 0 Å². The van der Waals surface area contributed by atoms with E-state index in [4.69, 9.17) is 0 Å². The van der Waals surface area contributed by atoms with Gasteiger partial charge in [0.2, 0.25) is 0 Å². The summed E-state index contributed by atoms with van der Waals surface area (Å²) in [7, 11) is 0. The van der Waals surface area contributed by atoms with E-state index in [9.17, 15) is 4.39 Å². The van der Waals surface area contributed by atoms with E-state index >= 15 is 0 Å². The standard InChI is InChI=1S/C14H16FNS/c1-9-5-6-11(15)10(7-9)13-16-12(8-17-13)14(2,3)4/h5-8H,1-4H3. The van der Waals surface area contributed by atoms with Crippen LogP contribution in [0.1, 0.15) is 32.0 Å². The molecule has 0 aliphatic rings. The van der Waals surface area contributed by atoms with E-state index in [2.05, 4.69) is 25.8 Å². The van der Waals surface area contributed by atoms with Crippen LogP contribution in [0.4, 0.5) is 4.39 Å². The molecule has 1 aromatic heterocycles. The van der Waals surface area contributed by atoms with Crippen molar-refractivity contribution in [1.29, 1.82) is 0 Å². The molecule has 1 aromatic carbocycles. The zero-order chi connectivity index (χ0) is 12.6. The highest BCUT2D eigenvalue weighted by Gasteiger charge is 2.19. The van der Waals surface area contributed by atoms with E-state index in [1.807, 2.05) is 18.4 Å². The number of nitrogens with zero attached hydrogens (tertiary/aromatic N) is 1. The molecule has 17 heavy (non-hydrogen) atoms. The monoisotopic (exact) mass is 249 g/mol. The van der Waals surface area contributed by atoms with Gasteiger partial charge in [0.05, 0.1) is 5.69 Å². The van der Waals surface area contributed by atoms with Gasteiger partial charge in [-0.3, -0.25) is 0 Å². The Kier molecular flexibility index (Phi) is 3.04. The molecule has 3 heteroatoms. The normalized spacial score (nSPS) is 11.8. The molecule has 0 spiro atoms. The summed E-state index contributed by atoms with van der Waals surface area (Å²) in [5, 5.41) is 2.77. The van der Waals surface area contributed by atoms with Gasteiger partial charge in [-0.25, -0.2) is 9.37 Å². The molecular weight excluding hydrogens is 233 g/mol. The third-order valence-electron chi connectivity index (χ3n) is 2.62. The van der Waals surface area contributed by atoms with Gasteiger partial charge >= 0.3 is 0 Å². The lowest BCUT2D eigenvalue weighted by Crippen LogP contribution is -2.11. The van der Waals surface area contributed by atoms with Gasteiger partial charge in [-0.15, -0.1) is 11.3 Å². The largest absolute Gasteiger partial charge is 0.240 e. The Labute approximate surface area is 105 Å². The third-order valence-corrected chi connectivity index (χ3v) is 3.50. The van der Waals surface area contributed by atoms with E-state index in [0.717, 1.165) is 16.3 Å². The average molecular weight is 249 g/mol. The molecule has 2 rings (SSSR count). The van der Waals surface area contributed by atoms with E-state index in [0.29, 0.717) is 5.56 Å². The minimum absolute atomic E-state index is 0.00898. The van der Waals surface area contributed by atoms with Gasteiger partial charge in [-0.1, -0.05) is 32.4 Å². The molecule has 2 aromatic rings. The maximum absolute atomic E-state index is 13.7. The van der Waals surface area contributed by atoms with Crippen molar-refractivity contribution in [3.63, 3.8) is 0 Å². The quantitative estimate of drug-likeness (QED) is 0.722. The number of aromatic nitrogens is 1. The van der Waals surface area contributed by atoms with Crippen LogP contribution in [0.3, 0.4) is 0 Å². The fraction of sp³-hybridized carbons (Fsp3) is 0.357. The second-order valence-electron chi connectivity index (χ2n) is 5.27. The number of benzene rings is 1. The fourth-order valence-corrected chi connectivity index (χ4v) is 2.61. The van der Waals surface area contributed by atoms with Crippen LogP contribution in [-0.2, 0) is 5.41 Å². The minimum atomic E-state index is -0.203. The third kappa shape index (κ3) is 2.55. The Balaban J connectivity index is 2.47. The Morgan fingerprint density at radius 3 is 2.53 bits per heavy atom. The van der Waals surface area contributed by atoms with Crippen molar-refractivity contribution in [2.75, 3.05) is 0 Å². The zero-order valence-electron chi connectivity index (χ0n) is 10.5. The predicted octanol–water partition coefficient (Wildman–Crippen LogP) is 4.56. The van der Waals surface area contributed by atoms with Crippen molar-refractivity contribution in [3.05, 3.63) is 40.7 Å². The van der Waals surface area contributed by atoms with Crippen LogP contribution in [0.5, 0.6) is 0 Å². The summed E-state index contributed by atoms with van der Waals surface area (Å²) in [5.74, 6) is -0.203. The topological polar surface area (TPSA) is 12.9 Å². The Hall–Kier alpha value is -1.22. The summed E-state index contributed by atoms with van der Waals surface area (Å²) < 4.78 is 13.7. The zero-order valence-corrected chi connectivity index (χ0v) is 11.4. The first kappa shape index (κ1) is 12.2. The molecule has 0 N–H and O–H groups in total. The van der Waals surface area contributed by atoms with Crippen molar-refractivity contribution in [2.45, 2.75) is 33.1 Å². The summed E-state index contributed by atoms with van der Waals surface area (Å²) in [5.41, 5.74) is 2.67. The maximum Gasteiger partial charge on any atom is 0.133 e. The SMILES string of the molecule is Cc1ccc(F)c(-c2nc(C(C)(C)C)cs2)c1. The van der Waals surface area contributed by atoms with Crippen LogP contribution >= 0.6 is 11.3 Å². The summed E-state index contributed by atoms with van der Waals surface area (Å²) in [6.07, 6.45) is 0. The second-order valence-corrected chi connectivity index (χ2v) is 6.13. The lowest BCUT2D eigenvalue weighted by molar-refractivity contribution is 0.573. The van der Waals surface area contributed by atoms with Gasteiger partial charge < -0.3 is 0 Å². The van der Waals surface area contributed by atoms with Crippen LogP contribution in [0.15, 0.2) is 23.6 Å². The van der Waals surface area contributed by atoms with Crippen LogP contribution in [0.2, 0.25) is 0 Å². The molecule has 0 unspecified atom stereocenters. The van der Waals surface area contributed by atoms with Crippen LogP contribution in [0.25, 0.3) is 10.6 Å². The van der Waals surface area contributed by atoms with E-state index < -0.39 is 0 Å². The number of hydrogen-bond donors (Lipinski definition) is 0. The predicted molar refractivity (Wildman–Crippen MR) is 70.9 cm³/mol. The highest BCUT2D eigenvalue weighted by molar-refractivity contribution is 7.13. The Morgan fingerprint density at radius 1 is 1.24 bits per heavy atom. The van der Waals surface area contributed by atoms with Crippen molar-refractivity contribution in [2.24, 2.45) is 0 Å². The minimum Gasteiger partial charge on any atom is -0.240 e. The molecule has 0 aliphatic carbocycles. The molecule has 0 saturated carbocycles. The summed E-state index contributed by atoms with van der Waals surface area (Å²) in [6.45, 7) is 8.29. The van der Waals surface area contributed by atoms with Gasteiger partial charge in [0, 0.05) is 16.4 Å². The Morgan fingerprint density at radius 2 is 1.94 bits per heavy atom. The molecule has 90 valence electrons. The van der Waals surface area contributed by atoms with Crippen LogP contribution < -0.4 is 0 Å². The molecule has 0 fully saturated rings. The number of halogens is 1. The molecule has 0 saturated heterocycles. The highest BCUT2D eigenvalue weighted by Crippen LogP contribution is 2.31. The van der Waals surface area contributed by atoms with Crippen molar-refractivity contribution in [3.8, 4) is 10.6 Å². The van der Waals surface area contributed by atoms with Gasteiger partial charge in [0.15, 0.2) is 0 Å². The van der Waals surface area contributed by atoms with E-state index in [1.54, 1.807) is 6.07 Å². The molecule has 1 heterocycles. The number of hydrogen-bond acceptors (Lipinski definition) is 2. The molecule has 0 atom stereocenters. The Bertz CT molecular complexity index is 537. The first-order chi connectivity index (χ1) is 7.88. The maximum atomic E-state index is 13.7. The number of aryl methyl sites for hydroxylation is 1.